The zero-order chi connectivity index (χ0) is 21.2. The Morgan fingerprint density at radius 3 is 2.23 bits per heavy atom. The van der Waals surface area contributed by atoms with Gasteiger partial charge in [0.2, 0.25) is 0 Å². The Bertz CT molecular complexity index is 984. The lowest BCUT2D eigenvalue weighted by Gasteiger charge is -2.09. The molecule has 1 fully saturated rings. The lowest BCUT2D eigenvalue weighted by atomic mass is 10.2. The molecule has 1 atom stereocenters. The summed E-state index contributed by atoms with van der Waals surface area (Å²) in [5.41, 5.74) is 1.18. The average Bonchev–Trinajstić information content (AvgIpc) is 3.26. The van der Waals surface area contributed by atoms with Crippen molar-refractivity contribution >= 4 is 0 Å². The number of halogens is 3. The Labute approximate surface area is 169 Å². The second kappa shape index (κ2) is 7.86. The fraction of sp³-hybridized carbons (Fsp3) is 0.300. The van der Waals surface area contributed by atoms with Gasteiger partial charge in [0.25, 0.3) is 0 Å². The minimum absolute atomic E-state index is 0.110. The Morgan fingerprint density at radius 1 is 1.00 bits per heavy atom. The van der Waals surface area contributed by atoms with Gasteiger partial charge in [-0.05, 0) is 55.5 Å². The highest BCUT2D eigenvalue weighted by Gasteiger charge is 2.40. The summed E-state index contributed by atoms with van der Waals surface area (Å²) < 4.78 is 58.5. The van der Waals surface area contributed by atoms with Gasteiger partial charge in [0, 0.05) is 0 Å². The van der Waals surface area contributed by atoms with E-state index in [0.29, 0.717) is 24.7 Å². The van der Waals surface area contributed by atoms with Crippen LogP contribution in [0.2, 0.25) is 0 Å². The molecule has 10 heteroatoms. The first-order valence-corrected chi connectivity index (χ1v) is 9.05. The van der Waals surface area contributed by atoms with Crippen molar-refractivity contribution in [2.45, 2.75) is 25.5 Å². The molecule has 0 amide bonds. The van der Waals surface area contributed by atoms with Crippen molar-refractivity contribution in [3.05, 3.63) is 60.4 Å². The number of ether oxygens (including phenoxy) is 4. The van der Waals surface area contributed by atoms with Crippen LogP contribution in [0.5, 0.6) is 17.2 Å². The van der Waals surface area contributed by atoms with Crippen LogP contribution in [0.4, 0.5) is 13.2 Å². The molecular weight excluding hydrogens is 403 g/mol. The van der Waals surface area contributed by atoms with E-state index < -0.39 is 6.36 Å². The maximum atomic E-state index is 12.2. The van der Waals surface area contributed by atoms with E-state index >= 15 is 0 Å². The average molecular weight is 421 g/mol. The Kier molecular flexibility index (Phi) is 5.25. The zero-order valence-electron chi connectivity index (χ0n) is 15.9. The molecule has 30 heavy (non-hydrogen) atoms. The standard InChI is InChI=1S/C20H18F3N3O4/c1-19(13-29-19)12-28-17-4-2-15(3-5-17)26-10-14(24-25-26)11-27-16-6-8-18(9-7-16)30-20(21,22)23/h2-10H,11-13H2,1H3/t19-/m1/s1. The van der Waals surface area contributed by atoms with Crippen LogP contribution in [-0.4, -0.2) is 40.2 Å². The third-order valence-electron chi connectivity index (χ3n) is 4.27. The molecule has 7 nitrogen and oxygen atoms in total. The Hall–Kier alpha value is -3.27. The molecule has 158 valence electrons. The van der Waals surface area contributed by atoms with Gasteiger partial charge in [0.15, 0.2) is 0 Å². The van der Waals surface area contributed by atoms with Gasteiger partial charge in [-0.15, -0.1) is 18.3 Å². The van der Waals surface area contributed by atoms with Crippen molar-refractivity contribution in [2.75, 3.05) is 13.2 Å². The monoisotopic (exact) mass is 421 g/mol. The Balaban J connectivity index is 1.30. The van der Waals surface area contributed by atoms with E-state index in [1.807, 2.05) is 31.2 Å². The number of alkyl halides is 3. The predicted octanol–water partition coefficient (Wildman–Crippen LogP) is 3.91. The highest BCUT2D eigenvalue weighted by molar-refractivity contribution is 5.37. The summed E-state index contributed by atoms with van der Waals surface area (Å²) in [4.78, 5) is 0. The van der Waals surface area contributed by atoms with Gasteiger partial charge in [0.1, 0.15) is 41.8 Å². The molecule has 0 unspecified atom stereocenters. The van der Waals surface area contributed by atoms with Crippen molar-refractivity contribution < 1.29 is 32.1 Å². The molecule has 0 bridgehead atoms. The quantitative estimate of drug-likeness (QED) is 0.514. The molecule has 0 radical (unpaired) electrons. The smallest absolute Gasteiger partial charge is 0.491 e. The van der Waals surface area contributed by atoms with E-state index in [0.717, 1.165) is 11.4 Å². The van der Waals surface area contributed by atoms with Crippen LogP contribution in [-0.2, 0) is 11.3 Å². The molecule has 2 heterocycles. The number of benzene rings is 2. The second-order valence-electron chi connectivity index (χ2n) is 6.98. The number of nitrogens with zero attached hydrogens (tertiary/aromatic N) is 3. The van der Waals surface area contributed by atoms with Gasteiger partial charge in [-0.3, -0.25) is 0 Å². The number of aromatic nitrogens is 3. The van der Waals surface area contributed by atoms with Gasteiger partial charge in [0.05, 0.1) is 18.5 Å². The molecule has 4 rings (SSSR count). The number of rotatable bonds is 8. The minimum atomic E-state index is -4.73. The first-order valence-electron chi connectivity index (χ1n) is 9.05. The molecule has 1 aliphatic rings. The lowest BCUT2D eigenvalue weighted by Crippen LogP contribution is -2.16. The third-order valence-corrected chi connectivity index (χ3v) is 4.27. The molecule has 0 spiro atoms. The third kappa shape index (κ3) is 5.41. The summed E-state index contributed by atoms with van der Waals surface area (Å²) >= 11 is 0. The highest BCUT2D eigenvalue weighted by Crippen LogP contribution is 2.27. The van der Waals surface area contributed by atoms with E-state index in [-0.39, 0.29) is 18.0 Å². The summed E-state index contributed by atoms with van der Waals surface area (Å²) in [6.45, 7) is 3.31. The summed E-state index contributed by atoms with van der Waals surface area (Å²) in [6.07, 6.45) is -3.02. The lowest BCUT2D eigenvalue weighted by molar-refractivity contribution is -0.274. The highest BCUT2D eigenvalue weighted by atomic mass is 19.4. The van der Waals surface area contributed by atoms with Crippen molar-refractivity contribution in [1.29, 1.82) is 0 Å². The maximum absolute atomic E-state index is 12.2. The van der Waals surface area contributed by atoms with E-state index in [4.69, 9.17) is 14.2 Å². The fourth-order valence-corrected chi connectivity index (χ4v) is 2.52. The van der Waals surface area contributed by atoms with Crippen molar-refractivity contribution in [3.8, 4) is 22.9 Å². The first-order chi connectivity index (χ1) is 14.3. The summed E-state index contributed by atoms with van der Waals surface area (Å²) in [5, 5.41) is 8.10. The van der Waals surface area contributed by atoms with E-state index in [9.17, 15) is 13.2 Å². The van der Waals surface area contributed by atoms with E-state index in [1.165, 1.54) is 24.3 Å². The van der Waals surface area contributed by atoms with Crippen molar-refractivity contribution in [1.82, 2.24) is 15.0 Å². The summed E-state index contributed by atoms with van der Waals surface area (Å²) in [6, 6.07) is 12.5. The van der Waals surface area contributed by atoms with Crippen LogP contribution < -0.4 is 14.2 Å². The molecule has 1 saturated heterocycles. The first kappa shape index (κ1) is 20.0. The van der Waals surface area contributed by atoms with Gasteiger partial charge in [-0.1, -0.05) is 5.21 Å². The summed E-state index contributed by atoms with van der Waals surface area (Å²) in [5.74, 6) is 0.804. The molecule has 1 aliphatic heterocycles. The molecular formula is C20H18F3N3O4. The topological polar surface area (TPSA) is 70.9 Å². The van der Waals surface area contributed by atoms with Crippen LogP contribution in [0.1, 0.15) is 12.6 Å². The van der Waals surface area contributed by atoms with Crippen LogP contribution in [0, 0.1) is 0 Å². The van der Waals surface area contributed by atoms with E-state index in [2.05, 4.69) is 15.0 Å². The maximum Gasteiger partial charge on any atom is 0.573 e. The molecule has 2 aromatic carbocycles. The van der Waals surface area contributed by atoms with E-state index in [1.54, 1.807) is 10.9 Å². The number of hydrogen-bond acceptors (Lipinski definition) is 6. The van der Waals surface area contributed by atoms with Crippen LogP contribution in [0.15, 0.2) is 54.7 Å². The van der Waals surface area contributed by atoms with Crippen LogP contribution in [0.3, 0.4) is 0 Å². The number of epoxide rings is 1. The fourth-order valence-electron chi connectivity index (χ4n) is 2.52. The zero-order valence-corrected chi connectivity index (χ0v) is 15.9. The molecule has 0 aliphatic carbocycles. The van der Waals surface area contributed by atoms with Crippen molar-refractivity contribution in [3.63, 3.8) is 0 Å². The van der Waals surface area contributed by atoms with Crippen LogP contribution >= 0.6 is 0 Å². The number of hydrogen-bond donors (Lipinski definition) is 0. The van der Waals surface area contributed by atoms with Gasteiger partial charge in [-0.2, -0.15) is 0 Å². The molecule has 1 aromatic heterocycles. The largest absolute Gasteiger partial charge is 0.573 e. The summed E-state index contributed by atoms with van der Waals surface area (Å²) in [7, 11) is 0. The van der Waals surface area contributed by atoms with Crippen molar-refractivity contribution in [2.24, 2.45) is 0 Å². The predicted molar refractivity (Wildman–Crippen MR) is 98.7 cm³/mol. The molecule has 0 N–H and O–H groups in total. The van der Waals surface area contributed by atoms with Gasteiger partial charge in [-0.25, -0.2) is 4.68 Å². The second-order valence-corrected chi connectivity index (χ2v) is 6.98. The normalized spacial score (nSPS) is 18.1. The SMILES string of the molecule is C[C@@]1(COc2ccc(-n3cc(COc4ccc(OC(F)(F)F)cc4)nn3)cc2)CO1. The van der Waals surface area contributed by atoms with Gasteiger partial charge < -0.3 is 18.9 Å². The van der Waals surface area contributed by atoms with Crippen LogP contribution in [0.25, 0.3) is 5.69 Å². The minimum Gasteiger partial charge on any atom is -0.491 e. The Morgan fingerprint density at radius 2 is 1.60 bits per heavy atom. The van der Waals surface area contributed by atoms with Gasteiger partial charge >= 0.3 is 6.36 Å². The molecule has 3 aromatic rings. The molecule has 0 saturated carbocycles.